The fraction of sp³-hybridized carbons (Fsp3) is 0.278. The average Bonchev–Trinajstić information content (AvgIpc) is 3.21. The molecule has 2 aromatic carbocycles. The molecule has 4 aromatic rings. The third-order valence-corrected chi connectivity index (χ3v) is 8.15. The smallest absolute Gasteiger partial charge is 0.483 e. The van der Waals surface area contributed by atoms with Gasteiger partial charge in [0.25, 0.3) is 5.91 Å². The fourth-order valence-electron chi connectivity index (χ4n) is 5.02. The number of anilines is 5. The van der Waals surface area contributed by atoms with Gasteiger partial charge in [-0.1, -0.05) is 23.7 Å². The van der Waals surface area contributed by atoms with Gasteiger partial charge in [-0.3, -0.25) is 9.78 Å². The lowest BCUT2D eigenvalue weighted by molar-refractivity contribution is -0.193. The SMILES string of the molecule is N#Cc1ccccc1N1CCN(C(=O)COc2ccc3cc2CCc2cncc(c2)Nc2ncc(Cl)c(n2)N3)CC1.O=C(O)C(F)(F)F.O=C(O)C(F)(F)F.O=C(O)C(F)(F)F. The number of nitriles is 1. The van der Waals surface area contributed by atoms with Gasteiger partial charge in [-0.15, -0.1) is 0 Å². The van der Waals surface area contributed by atoms with Crippen LogP contribution in [0.25, 0.3) is 0 Å². The van der Waals surface area contributed by atoms with Crippen molar-refractivity contribution >= 4 is 64.2 Å². The molecule has 0 spiro atoms. The first-order valence-electron chi connectivity index (χ1n) is 17.1. The first-order valence-corrected chi connectivity index (χ1v) is 17.4. The Hall–Kier alpha value is -7.10. The highest BCUT2D eigenvalue weighted by Crippen LogP contribution is 2.30. The molecule has 0 unspecified atom stereocenters. The number of fused-ring (bicyclic) bond motifs is 6. The van der Waals surface area contributed by atoms with Crippen molar-refractivity contribution in [2.24, 2.45) is 0 Å². The second-order valence-electron chi connectivity index (χ2n) is 12.2. The number of amides is 1. The second-order valence-corrected chi connectivity index (χ2v) is 12.6. The summed E-state index contributed by atoms with van der Waals surface area (Å²) in [6, 6.07) is 17.5. The van der Waals surface area contributed by atoms with Crippen LogP contribution in [0.1, 0.15) is 16.7 Å². The Bertz CT molecular complexity index is 2210. The molecule has 2 aliphatic rings. The predicted octanol–water partition coefficient (Wildman–Crippen LogP) is 6.61. The Kier molecular flexibility index (Phi) is 17.0. The van der Waals surface area contributed by atoms with Gasteiger partial charge in [-0.2, -0.15) is 49.8 Å². The Morgan fingerprint density at radius 2 is 1.35 bits per heavy atom. The maximum absolute atomic E-state index is 13.1. The van der Waals surface area contributed by atoms with Crippen LogP contribution in [0, 0.1) is 11.3 Å². The number of benzene rings is 2. The largest absolute Gasteiger partial charge is 0.490 e. The van der Waals surface area contributed by atoms with E-state index >= 15 is 0 Å². The topological polar surface area (TPSA) is 231 Å². The Morgan fingerprint density at radius 1 is 0.774 bits per heavy atom. The predicted molar refractivity (Wildman–Crippen MR) is 198 cm³/mol. The third-order valence-electron chi connectivity index (χ3n) is 7.88. The monoisotopic (exact) mass is 908 g/mol. The van der Waals surface area contributed by atoms with Crippen LogP contribution in [-0.2, 0) is 32.0 Å². The van der Waals surface area contributed by atoms with Crippen LogP contribution in [0.5, 0.6) is 5.75 Å². The van der Waals surface area contributed by atoms with Gasteiger partial charge in [0.15, 0.2) is 12.4 Å². The summed E-state index contributed by atoms with van der Waals surface area (Å²) in [5.74, 6) is -6.81. The Balaban J connectivity index is 0.000000403. The lowest BCUT2D eigenvalue weighted by Crippen LogP contribution is -2.50. The molecule has 332 valence electrons. The second kappa shape index (κ2) is 21.4. The molecule has 1 saturated heterocycles. The first-order chi connectivity index (χ1) is 28.9. The van der Waals surface area contributed by atoms with E-state index in [1.165, 1.54) is 0 Å². The number of carbonyl (C=O) groups is 4. The molecule has 4 heterocycles. The number of nitrogens with zero attached hydrogens (tertiary/aromatic N) is 6. The number of pyridine rings is 1. The molecule has 0 radical (unpaired) electrons. The molecule has 0 saturated carbocycles. The molecular formula is C36H30ClF9N8O8. The molecule has 2 aromatic heterocycles. The molecule has 0 aliphatic carbocycles. The minimum atomic E-state index is -5.08. The number of piperazine rings is 1. The van der Waals surface area contributed by atoms with Crippen LogP contribution in [0.4, 0.5) is 68.3 Å². The molecule has 2 aliphatic heterocycles. The van der Waals surface area contributed by atoms with Gasteiger partial charge >= 0.3 is 36.4 Å². The zero-order valence-corrected chi connectivity index (χ0v) is 31.9. The van der Waals surface area contributed by atoms with E-state index in [9.17, 15) is 49.6 Å². The minimum absolute atomic E-state index is 0.0589. The number of alkyl halides is 9. The summed E-state index contributed by atoms with van der Waals surface area (Å²) in [6.45, 7) is 2.39. The van der Waals surface area contributed by atoms with Crippen LogP contribution in [0.15, 0.2) is 67.1 Å². The lowest BCUT2D eigenvalue weighted by Gasteiger charge is -2.36. The maximum atomic E-state index is 13.1. The Morgan fingerprint density at radius 3 is 1.92 bits per heavy atom. The summed E-state index contributed by atoms with van der Waals surface area (Å²) in [5, 5.41) is 37.7. The number of hydrogen-bond donors (Lipinski definition) is 5. The molecule has 5 N–H and O–H groups in total. The molecule has 0 atom stereocenters. The van der Waals surface area contributed by atoms with E-state index in [4.69, 9.17) is 46.0 Å². The molecule has 1 amide bonds. The van der Waals surface area contributed by atoms with Gasteiger partial charge in [0.1, 0.15) is 16.8 Å². The summed E-state index contributed by atoms with van der Waals surface area (Å²) >= 11 is 6.37. The fourth-order valence-corrected chi connectivity index (χ4v) is 5.16. The molecule has 26 heteroatoms. The van der Waals surface area contributed by atoms with E-state index in [0.29, 0.717) is 60.7 Å². The minimum Gasteiger partial charge on any atom is -0.483 e. The number of rotatable bonds is 4. The highest BCUT2D eigenvalue weighted by atomic mass is 35.5. The maximum Gasteiger partial charge on any atom is 0.490 e. The lowest BCUT2D eigenvalue weighted by atomic mass is 10.0. The Labute approximate surface area is 348 Å². The van der Waals surface area contributed by atoms with Crippen LogP contribution in [0.3, 0.4) is 0 Å². The molecule has 1 fully saturated rings. The zero-order valence-electron chi connectivity index (χ0n) is 31.1. The van der Waals surface area contributed by atoms with Crippen LogP contribution in [0.2, 0.25) is 5.02 Å². The number of hydrogen-bond acceptors (Lipinski definition) is 12. The summed E-state index contributed by atoms with van der Waals surface area (Å²) in [6.07, 6.45) is -8.75. The number of halogens is 10. The molecule has 6 rings (SSSR count). The van der Waals surface area contributed by atoms with Crippen molar-refractivity contribution in [1.82, 2.24) is 19.9 Å². The molecule has 16 nitrogen and oxygen atoms in total. The van der Waals surface area contributed by atoms with Crippen LogP contribution in [-0.4, -0.2) is 110 Å². The van der Waals surface area contributed by atoms with Crippen molar-refractivity contribution < 1.29 is 78.7 Å². The summed E-state index contributed by atoms with van der Waals surface area (Å²) in [5.41, 5.74) is 5.11. The number of nitrogens with one attached hydrogen (secondary N) is 2. The highest BCUT2D eigenvalue weighted by molar-refractivity contribution is 6.32. The van der Waals surface area contributed by atoms with Gasteiger partial charge in [0, 0.05) is 38.1 Å². The van der Waals surface area contributed by atoms with E-state index in [1.54, 1.807) is 12.4 Å². The quantitative estimate of drug-likeness (QED) is 0.136. The number of carboxylic acids is 3. The number of para-hydroxylation sites is 1. The van der Waals surface area contributed by atoms with Crippen molar-refractivity contribution in [3.63, 3.8) is 0 Å². The highest BCUT2D eigenvalue weighted by Gasteiger charge is 2.39. The van der Waals surface area contributed by atoms with Gasteiger partial charge in [0.05, 0.1) is 29.3 Å². The number of aliphatic carboxylic acids is 3. The van der Waals surface area contributed by atoms with Crippen LogP contribution < -0.4 is 20.3 Å². The normalized spacial score (nSPS) is 13.3. The standard InChI is InChI=1S/C30H27ClN8O2.3C2HF3O2/c31-25-18-34-30-36-24-13-20(16-33-17-24)5-6-21-14-23(35-29(25)37-30)7-8-27(21)41-19-28(40)39-11-9-38(10-12-39)26-4-2-1-3-22(26)15-32;3*3-2(4,5)1(6)7/h1-4,7-8,13-14,16-18H,5-6,9-12,19H2,(H2,34,35,36,37);3*(H,6,7). The molecule has 6 bridgehead atoms. The number of aromatic nitrogens is 3. The molecular weight excluding hydrogens is 879 g/mol. The third kappa shape index (κ3) is 15.5. The molecule has 62 heavy (non-hydrogen) atoms. The summed E-state index contributed by atoms with van der Waals surface area (Å²) < 4.78 is 101. The van der Waals surface area contributed by atoms with E-state index in [0.717, 1.165) is 34.6 Å². The van der Waals surface area contributed by atoms with Gasteiger partial charge in [0.2, 0.25) is 5.95 Å². The van der Waals surface area contributed by atoms with Gasteiger partial charge in [-0.25, -0.2) is 19.4 Å². The van der Waals surface area contributed by atoms with Crippen molar-refractivity contribution in [2.45, 2.75) is 31.4 Å². The summed E-state index contributed by atoms with van der Waals surface area (Å²) in [4.78, 5) is 56.9. The van der Waals surface area contributed by atoms with Crippen molar-refractivity contribution in [3.8, 4) is 11.8 Å². The number of carboxylic acid groups (broad SMARTS) is 3. The number of aryl methyl sites for hydroxylation is 2. The first kappa shape index (κ1) is 49.3. The van der Waals surface area contributed by atoms with E-state index < -0.39 is 36.4 Å². The van der Waals surface area contributed by atoms with Crippen molar-refractivity contribution in [3.05, 3.63) is 88.8 Å². The van der Waals surface area contributed by atoms with E-state index in [1.807, 2.05) is 59.6 Å². The number of carbonyl (C=O) groups excluding carboxylic acids is 1. The number of ether oxygens (including phenoxy) is 1. The van der Waals surface area contributed by atoms with E-state index in [2.05, 4.69) is 36.6 Å². The van der Waals surface area contributed by atoms with Crippen LogP contribution >= 0.6 is 11.6 Å². The van der Waals surface area contributed by atoms with Crippen molar-refractivity contribution in [1.29, 1.82) is 5.26 Å². The van der Waals surface area contributed by atoms with E-state index in [-0.39, 0.29) is 12.5 Å². The van der Waals surface area contributed by atoms with Gasteiger partial charge < -0.3 is 40.5 Å². The van der Waals surface area contributed by atoms with Gasteiger partial charge in [-0.05, 0) is 60.4 Å². The zero-order chi connectivity index (χ0) is 46.4. The average molecular weight is 909 g/mol. The van der Waals surface area contributed by atoms with Crippen molar-refractivity contribution in [2.75, 3.05) is 48.3 Å². The summed E-state index contributed by atoms with van der Waals surface area (Å²) in [7, 11) is 0.